The lowest BCUT2D eigenvalue weighted by atomic mass is 10.2. The summed E-state index contributed by atoms with van der Waals surface area (Å²) in [5.74, 6) is 0.338. The number of hydrogen-bond acceptors (Lipinski definition) is 6. The van der Waals surface area contributed by atoms with E-state index in [1.807, 2.05) is 26.0 Å². The van der Waals surface area contributed by atoms with Crippen molar-refractivity contribution in [2.24, 2.45) is 0 Å². The van der Waals surface area contributed by atoms with Gasteiger partial charge < -0.3 is 10.1 Å². The van der Waals surface area contributed by atoms with Gasteiger partial charge in [-0.1, -0.05) is 17.7 Å². The summed E-state index contributed by atoms with van der Waals surface area (Å²) < 4.78 is 58.9. The summed E-state index contributed by atoms with van der Waals surface area (Å²) in [7, 11) is -7.32. The van der Waals surface area contributed by atoms with Crippen molar-refractivity contribution < 1.29 is 26.4 Å². The van der Waals surface area contributed by atoms with Crippen LogP contribution in [0.3, 0.4) is 0 Å². The van der Waals surface area contributed by atoms with Crippen LogP contribution in [0.2, 0.25) is 0 Å². The first-order chi connectivity index (χ1) is 17.5. The number of nitrogens with one attached hydrogen (secondary N) is 2. The van der Waals surface area contributed by atoms with Crippen molar-refractivity contribution in [2.45, 2.75) is 31.6 Å². The molecule has 11 heteroatoms. The van der Waals surface area contributed by atoms with Crippen LogP contribution in [0.25, 0.3) is 0 Å². The molecule has 0 atom stereocenters. The topological polar surface area (TPSA) is 122 Å². The van der Waals surface area contributed by atoms with E-state index in [0.29, 0.717) is 35.8 Å². The Morgan fingerprint density at radius 1 is 0.865 bits per heavy atom. The minimum absolute atomic E-state index is 0.0428. The van der Waals surface area contributed by atoms with E-state index in [2.05, 4.69) is 10.0 Å². The van der Waals surface area contributed by atoms with Crippen molar-refractivity contribution in [2.75, 3.05) is 33.8 Å². The number of amides is 1. The van der Waals surface area contributed by atoms with Gasteiger partial charge in [0.25, 0.3) is 10.0 Å². The molecule has 0 radical (unpaired) electrons. The molecule has 0 aliphatic rings. The first-order valence-electron chi connectivity index (χ1n) is 11.7. The van der Waals surface area contributed by atoms with E-state index in [1.54, 1.807) is 36.4 Å². The van der Waals surface area contributed by atoms with Crippen LogP contribution in [0.1, 0.15) is 25.3 Å². The second-order valence-electron chi connectivity index (χ2n) is 8.41. The van der Waals surface area contributed by atoms with Gasteiger partial charge in [-0.25, -0.2) is 16.8 Å². The van der Waals surface area contributed by atoms with Crippen molar-refractivity contribution in [1.29, 1.82) is 0 Å². The number of benzene rings is 3. The first-order valence-corrected chi connectivity index (χ1v) is 15.0. The second kappa shape index (κ2) is 12.1. The maximum absolute atomic E-state index is 12.7. The number of rotatable bonds is 12. The van der Waals surface area contributed by atoms with Crippen LogP contribution in [-0.4, -0.2) is 42.2 Å². The number of anilines is 3. The summed E-state index contributed by atoms with van der Waals surface area (Å²) >= 11 is 0. The van der Waals surface area contributed by atoms with E-state index in [4.69, 9.17) is 4.74 Å². The standard InChI is InChI=1S/C26H31N3O6S2/c1-4-35-24-15-9-22(10-16-24)28-37(33,34)25-17-11-21(12-18-25)27-26(30)6-5-19-29(36(3,31)32)23-13-7-20(2)8-14-23/h7-18,28H,4-6,19H2,1-3H3,(H,27,30). The van der Waals surface area contributed by atoms with Crippen LogP contribution in [0, 0.1) is 6.92 Å². The van der Waals surface area contributed by atoms with Gasteiger partial charge in [-0.15, -0.1) is 0 Å². The number of hydrogen-bond donors (Lipinski definition) is 2. The molecule has 0 saturated carbocycles. The monoisotopic (exact) mass is 545 g/mol. The molecule has 3 rings (SSSR count). The van der Waals surface area contributed by atoms with Crippen molar-refractivity contribution >= 4 is 43.0 Å². The molecule has 1 amide bonds. The highest BCUT2D eigenvalue weighted by Gasteiger charge is 2.18. The zero-order valence-electron chi connectivity index (χ0n) is 21.0. The Morgan fingerprint density at radius 3 is 2.03 bits per heavy atom. The maximum atomic E-state index is 12.7. The molecule has 0 aliphatic carbocycles. The van der Waals surface area contributed by atoms with Gasteiger partial charge in [0.05, 0.1) is 23.4 Å². The molecule has 0 bridgehead atoms. The third kappa shape index (κ3) is 8.22. The molecule has 3 aromatic carbocycles. The van der Waals surface area contributed by atoms with Crippen molar-refractivity contribution in [1.82, 2.24) is 0 Å². The Kier molecular flexibility index (Phi) is 9.17. The highest BCUT2D eigenvalue weighted by Crippen LogP contribution is 2.22. The highest BCUT2D eigenvalue weighted by atomic mass is 32.2. The van der Waals surface area contributed by atoms with Crippen LogP contribution >= 0.6 is 0 Å². The van der Waals surface area contributed by atoms with Crippen molar-refractivity contribution in [3.8, 4) is 5.75 Å². The van der Waals surface area contributed by atoms with Gasteiger partial charge in [-0.2, -0.15) is 0 Å². The van der Waals surface area contributed by atoms with Gasteiger partial charge in [0, 0.05) is 24.3 Å². The van der Waals surface area contributed by atoms with Gasteiger partial charge in [0.15, 0.2) is 0 Å². The Hall–Kier alpha value is -3.57. The van der Waals surface area contributed by atoms with Crippen LogP contribution in [-0.2, 0) is 24.8 Å². The molecule has 198 valence electrons. The Balaban J connectivity index is 1.55. The van der Waals surface area contributed by atoms with E-state index in [0.717, 1.165) is 11.8 Å². The summed E-state index contributed by atoms with van der Waals surface area (Å²) in [4.78, 5) is 12.4. The first kappa shape index (κ1) is 28.0. The fourth-order valence-electron chi connectivity index (χ4n) is 3.52. The van der Waals surface area contributed by atoms with Crippen LogP contribution < -0.4 is 19.1 Å². The third-order valence-corrected chi connectivity index (χ3v) is 7.94. The Bertz CT molecular complexity index is 1400. The Labute approximate surface area is 218 Å². The number of ether oxygens (including phenoxy) is 1. The molecule has 0 aliphatic heterocycles. The summed E-state index contributed by atoms with van der Waals surface area (Å²) in [6.45, 7) is 4.45. The van der Waals surface area contributed by atoms with E-state index in [-0.39, 0.29) is 23.8 Å². The minimum Gasteiger partial charge on any atom is -0.494 e. The predicted molar refractivity (Wildman–Crippen MR) is 146 cm³/mol. The molecule has 37 heavy (non-hydrogen) atoms. The zero-order valence-corrected chi connectivity index (χ0v) is 22.6. The predicted octanol–water partition coefficient (Wildman–Crippen LogP) is 4.38. The van der Waals surface area contributed by atoms with Gasteiger partial charge in [0.1, 0.15) is 5.75 Å². The molecular weight excluding hydrogens is 514 g/mol. The van der Waals surface area contributed by atoms with E-state index < -0.39 is 20.0 Å². The van der Waals surface area contributed by atoms with Gasteiger partial charge in [0.2, 0.25) is 15.9 Å². The number of nitrogens with zero attached hydrogens (tertiary/aromatic N) is 1. The van der Waals surface area contributed by atoms with E-state index >= 15 is 0 Å². The number of aryl methyl sites for hydroxylation is 1. The fraction of sp³-hybridized carbons (Fsp3) is 0.269. The summed E-state index contributed by atoms with van der Waals surface area (Å²) in [5, 5.41) is 2.71. The fourth-order valence-corrected chi connectivity index (χ4v) is 5.55. The van der Waals surface area contributed by atoms with Crippen LogP contribution in [0.15, 0.2) is 77.7 Å². The number of carbonyl (C=O) groups excluding carboxylic acids is 1. The second-order valence-corrected chi connectivity index (χ2v) is 12.0. The van der Waals surface area contributed by atoms with Gasteiger partial charge >= 0.3 is 0 Å². The molecule has 0 heterocycles. The highest BCUT2D eigenvalue weighted by molar-refractivity contribution is 7.92. The summed E-state index contributed by atoms with van der Waals surface area (Å²) in [6.07, 6.45) is 1.54. The maximum Gasteiger partial charge on any atom is 0.261 e. The SMILES string of the molecule is CCOc1ccc(NS(=O)(=O)c2ccc(NC(=O)CCCN(c3ccc(C)cc3)S(C)(=O)=O)cc2)cc1. The van der Waals surface area contributed by atoms with Crippen molar-refractivity contribution in [3.05, 3.63) is 78.4 Å². The molecule has 0 spiro atoms. The van der Waals surface area contributed by atoms with Crippen molar-refractivity contribution in [3.63, 3.8) is 0 Å². The minimum atomic E-state index is -3.82. The largest absolute Gasteiger partial charge is 0.494 e. The molecule has 2 N–H and O–H groups in total. The molecule has 0 aromatic heterocycles. The average molecular weight is 546 g/mol. The number of carbonyl (C=O) groups is 1. The average Bonchev–Trinajstić information content (AvgIpc) is 2.83. The number of sulfonamides is 2. The Morgan fingerprint density at radius 2 is 1.46 bits per heavy atom. The van der Waals surface area contributed by atoms with Gasteiger partial charge in [-0.3, -0.25) is 13.8 Å². The van der Waals surface area contributed by atoms with Gasteiger partial charge in [-0.05, 0) is 80.9 Å². The quantitative estimate of drug-likeness (QED) is 0.348. The lowest BCUT2D eigenvalue weighted by Crippen LogP contribution is -2.31. The molecular formula is C26H31N3O6S2. The zero-order chi connectivity index (χ0) is 27.1. The molecule has 9 nitrogen and oxygen atoms in total. The smallest absolute Gasteiger partial charge is 0.261 e. The lowest BCUT2D eigenvalue weighted by molar-refractivity contribution is -0.116. The molecule has 0 saturated heterocycles. The summed E-state index contributed by atoms with van der Waals surface area (Å²) in [6, 6.07) is 19.5. The molecule has 0 fully saturated rings. The van der Waals surface area contributed by atoms with Crippen LogP contribution in [0.4, 0.5) is 17.1 Å². The van der Waals surface area contributed by atoms with Crippen LogP contribution in [0.5, 0.6) is 5.75 Å². The normalized spacial score (nSPS) is 11.5. The van der Waals surface area contributed by atoms with E-state index in [1.165, 1.54) is 28.6 Å². The molecule has 0 unspecified atom stereocenters. The van der Waals surface area contributed by atoms with E-state index in [9.17, 15) is 21.6 Å². The third-order valence-electron chi connectivity index (χ3n) is 5.35. The lowest BCUT2D eigenvalue weighted by Gasteiger charge is -2.22. The molecule has 3 aromatic rings. The summed E-state index contributed by atoms with van der Waals surface area (Å²) in [5.41, 5.74) is 2.39.